The van der Waals surface area contributed by atoms with E-state index in [9.17, 15) is 13.2 Å². The standard InChI is InChI=1S/C20H26N2O6S/c1-13-7-8-15(11-16(13)22(2)29(6,24)25)20(23)21-12-14-9-17(26-3)19(28-5)18(10-14)27-4/h7-11H,12H2,1-6H3,(H,21,23). The number of aryl methyl sites for hydroxylation is 1. The van der Waals surface area contributed by atoms with E-state index in [2.05, 4.69) is 5.32 Å². The van der Waals surface area contributed by atoms with E-state index in [1.807, 2.05) is 0 Å². The molecule has 0 radical (unpaired) electrons. The molecule has 9 heteroatoms. The van der Waals surface area contributed by atoms with E-state index in [1.54, 1.807) is 37.3 Å². The third-order valence-corrected chi connectivity index (χ3v) is 5.68. The highest BCUT2D eigenvalue weighted by Gasteiger charge is 2.17. The molecule has 2 aromatic carbocycles. The van der Waals surface area contributed by atoms with Crippen LogP contribution in [0.2, 0.25) is 0 Å². The molecular formula is C20H26N2O6S. The van der Waals surface area contributed by atoms with Crippen LogP contribution in [0.1, 0.15) is 21.5 Å². The Kier molecular flexibility index (Phi) is 6.97. The molecular weight excluding hydrogens is 396 g/mol. The highest BCUT2D eigenvalue weighted by atomic mass is 32.2. The molecule has 2 aromatic rings. The third-order valence-electron chi connectivity index (χ3n) is 4.49. The van der Waals surface area contributed by atoms with Crippen molar-refractivity contribution < 1.29 is 27.4 Å². The van der Waals surface area contributed by atoms with Gasteiger partial charge < -0.3 is 19.5 Å². The normalized spacial score (nSPS) is 11.0. The first kappa shape index (κ1) is 22.4. The number of ether oxygens (including phenoxy) is 3. The van der Waals surface area contributed by atoms with Crippen molar-refractivity contribution in [3.63, 3.8) is 0 Å². The number of nitrogens with zero attached hydrogens (tertiary/aromatic N) is 1. The van der Waals surface area contributed by atoms with Crippen molar-refractivity contribution >= 4 is 21.6 Å². The van der Waals surface area contributed by atoms with E-state index in [0.29, 0.717) is 28.5 Å². The lowest BCUT2D eigenvalue weighted by Gasteiger charge is -2.20. The van der Waals surface area contributed by atoms with Crippen LogP contribution in [0.4, 0.5) is 5.69 Å². The molecule has 0 saturated heterocycles. The Morgan fingerprint density at radius 2 is 1.62 bits per heavy atom. The SMILES string of the molecule is COc1cc(CNC(=O)c2ccc(C)c(N(C)S(C)(=O)=O)c2)cc(OC)c1OC. The number of amides is 1. The fraction of sp³-hybridized carbons (Fsp3) is 0.350. The van der Waals surface area contributed by atoms with Crippen LogP contribution in [0.25, 0.3) is 0 Å². The number of carbonyl (C=O) groups is 1. The fourth-order valence-corrected chi connectivity index (χ4v) is 3.34. The molecule has 2 rings (SSSR count). The van der Waals surface area contributed by atoms with Gasteiger partial charge in [-0.25, -0.2) is 8.42 Å². The van der Waals surface area contributed by atoms with Crippen LogP contribution in [0.3, 0.4) is 0 Å². The maximum atomic E-state index is 12.6. The van der Waals surface area contributed by atoms with Gasteiger partial charge in [0.25, 0.3) is 5.91 Å². The number of benzene rings is 2. The van der Waals surface area contributed by atoms with Crippen LogP contribution in [0.15, 0.2) is 30.3 Å². The quantitative estimate of drug-likeness (QED) is 0.702. The molecule has 8 nitrogen and oxygen atoms in total. The van der Waals surface area contributed by atoms with Crippen LogP contribution in [0, 0.1) is 6.92 Å². The molecule has 29 heavy (non-hydrogen) atoms. The van der Waals surface area contributed by atoms with Crippen LogP contribution in [0.5, 0.6) is 17.2 Å². The monoisotopic (exact) mass is 422 g/mol. The summed E-state index contributed by atoms with van der Waals surface area (Å²) in [5.41, 5.74) is 2.31. The lowest BCUT2D eigenvalue weighted by atomic mass is 10.1. The van der Waals surface area contributed by atoms with Gasteiger partial charge in [-0.3, -0.25) is 9.10 Å². The Hall–Kier alpha value is -2.94. The van der Waals surface area contributed by atoms with Crippen LogP contribution >= 0.6 is 0 Å². The van der Waals surface area contributed by atoms with Crippen LogP contribution in [-0.2, 0) is 16.6 Å². The lowest BCUT2D eigenvalue weighted by Crippen LogP contribution is -2.27. The summed E-state index contributed by atoms with van der Waals surface area (Å²) in [6.45, 7) is 2.01. The van der Waals surface area contributed by atoms with Gasteiger partial charge in [-0.2, -0.15) is 0 Å². The zero-order valence-electron chi connectivity index (χ0n) is 17.4. The third kappa shape index (κ3) is 5.11. The van der Waals surface area contributed by atoms with E-state index in [1.165, 1.54) is 28.4 Å². The van der Waals surface area contributed by atoms with E-state index in [0.717, 1.165) is 21.7 Å². The van der Waals surface area contributed by atoms with E-state index in [-0.39, 0.29) is 12.5 Å². The highest BCUT2D eigenvalue weighted by Crippen LogP contribution is 2.38. The molecule has 0 heterocycles. The van der Waals surface area contributed by atoms with Gasteiger partial charge in [0.15, 0.2) is 11.5 Å². The molecule has 0 unspecified atom stereocenters. The summed E-state index contributed by atoms with van der Waals surface area (Å²) < 4.78 is 40.8. The molecule has 0 saturated carbocycles. The van der Waals surface area contributed by atoms with Crippen molar-refractivity contribution in [2.24, 2.45) is 0 Å². The number of nitrogens with one attached hydrogen (secondary N) is 1. The first-order chi connectivity index (χ1) is 13.6. The molecule has 0 fully saturated rings. The number of rotatable bonds is 8. The molecule has 0 aliphatic heterocycles. The summed E-state index contributed by atoms with van der Waals surface area (Å²) in [6, 6.07) is 8.42. The van der Waals surface area contributed by atoms with Gasteiger partial charge in [-0.05, 0) is 42.3 Å². The molecule has 0 spiro atoms. The Morgan fingerprint density at radius 3 is 2.10 bits per heavy atom. The zero-order chi connectivity index (χ0) is 21.8. The maximum Gasteiger partial charge on any atom is 0.251 e. The number of methoxy groups -OCH3 is 3. The second-order valence-corrected chi connectivity index (χ2v) is 8.46. The number of anilines is 1. The minimum absolute atomic E-state index is 0.223. The second kappa shape index (κ2) is 9.04. The predicted octanol–water partition coefficient (Wildman–Crippen LogP) is 2.35. The van der Waals surface area contributed by atoms with Gasteiger partial charge in [-0.1, -0.05) is 6.07 Å². The minimum Gasteiger partial charge on any atom is -0.493 e. The van der Waals surface area contributed by atoms with Gasteiger partial charge in [0.05, 0.1) is 33.3 Å². The van der Waals surface area contributed by atoms with Gasteiger partial charge in [0.2, 0.25) is 15.8 Å². The predicted molar refractivity (Wildman–Crippen MR) is 112 cm³/mol. The van der Waals surface area contributed by atoms with E-state index in [4.69, 9.17) is 14.2 Å². The molecule has 0 atom stereocenters. The lowest BCUT2D eigenvalue weighted by molar-refractivity contribution is 0.0951. The zero-order valence-corrected chi connectivity index (χ0v) is 18.2. The molecule has 0 aromatic heterocycles. The summed E-state index contributed by atoms with van der Waals surface area (Å²) in [6.07, 6.45) is 1.11. The molecule has 0 aliphatic carbocycles. The molecule has 0 aliphatic rings. The first-order valence-electron chi connectivity index (χ1n) is 8.74. The average Bonchev–Trinajstić information content (AvgIpc) is 2.70. The average molecular weight is 423 g/mol. The summed E-state index contributed by atoms with van der Waals surface area (Å²) in [4.78, 5) is 12.6. The van der Waals surface area contributed by atoms with Gasteiger partial charge >= 0.3 is 0 Å². The van der Waals surface area contributed by atoms with Crippen molar-refractivity contribution in [2.45, 2.75) is 13.5 Å². The van der Waals surface area contributed by atoms with Crippen molar-refractivity contribution in [3.05, 3.63) is 47.0 Å². The topological polar surface area (TPSA) is 94.2 Å². The molecule has 0 bridgehead atoms. The van der Waals surface area contributed by atoms with Gasteiger partial charge in [0.1, 0.15) is 0 Å². The van der Waals surface area contributed by atoms with Crippen LogP contribution in [-0.4, -0.2) is 49.0 Å². The van der Waals surface area contributed by atoms with Crippen molar-refractivity contribution in [1.29, 1.82) is 0 Å². The smallest absolute Gasteiger partial charge is 0.251 e. The second-order valence-electron chi connectivity index (χ2n) is 6.45. The van der Waals surface area contributed by atoms with Gasteiger partial charge in [-0.15, -0.1) is 0 Å². The van der Waals surface area contributed by atoms with Crippen molar-refractivity contribution in [1.82, 2.24) is 5.32 Å². The maximum absolute atomic E-state index is 12.6. The summed E-state index contributed by atoms with van der Waals surface area (Å²) >= 11 is 0. The van der Waals surface area contributed by atoms with E-state index < -0.39 is 10.0 Å². The largest absolute Gasteiger partial charge is 0.493 e. The number of hydrogen-bond acceptors (Lipinski definition) is 6. The van der Waals surface area contributed by atoms with Crippen molar-refractivity contribution in [2.75, 3.05) is 38.9 Å². The number of sulfonamides is 1. The molecule has 158 valence electrons. The Labute approximate surface area is 171 Å². The Balaban J connectivity index is 2.24. The fourth-order valence-electron chi connectivity index (χ4n) is 2.79. The summed E-state index contributed by atoms with van der Waals surface area (Å²) in [7, 11) is 2.57. The molecule has 1 N–H and O–H groups in total. The Morgan fingerprint density at radius 1 is 1.03 bits per heavy atom. The van der Waals surface area contributed by atoms with Crippen LogP contribution < -0.4 is 23.8 Å². The van der Waals surface area contributed by atoms with Crippen molar-refractivity contribution in [3.8, 4) is 17.2 Å². The highest BCUT2D eigenvalue weighted by molar-refractivity contribution is 7.92. The Bertz CT molecular complexity index is 979. The number of hydrogen-bond donors (Lipinski definition) is 1. The molecule has 1 amide bonds. The summed E-state index contributed by atoms with van der Waals surface area (Å²) in [5.74, 6) is 1.12. The minimum atomic E-state index is -3.44. The first-order valence-corrected chi connectivity index (χ1v) is 10.6. The van der Waals surface area contributed by atoms with Gasteiger partial charge in [0, 0.05) is 19.2 Å². The number of carbonyl (C=O) groups excluding carboxylic acids is 1. The summed E-state index contributed by atoms with van der Waals surface area (Å²) in [5, 5.41) is 2.82. The van der Waals surface area contributed by atoms with E-state index >= 15 is 0 Å².